The van der Waals surface area contributed by atoms with Crippen LogP contribution in [0, 0.1) is 5.41 Å². The van der Waals surface area contributed by atoms with Crippen molar-refractivity contribution in [3.05, 3.63) is 0 Å². The molecule has 16 heavy (non-hydrogen) atoms. The SMILES string of the molecule is CC(C)(C)C1OC12CCC[C@@H](NC(=O)O)C2. The Morgan fingerprint density at radius 3 is 2.69 bits per heavy atom. The van der Waals surface area contributed by atoms with Crippen molar-refractivity contribution in [3.63, 3.8) is 0 Å². The number of ether oxygens (including phenoxy) is 1. The highest BCUT2D eigenvalue weighted by molar-refractivity contribution is 5.64. The molecule has 1 heterocycles. The third kappa shape index (κ3) is 2.17. The van der Waals surface area contributed by atoms with Crippen LogP contribution in [0.25, 0.3) is 0 Å². The number of epoxide rings is 1. The van der Waals surface area contributed by atoms with E-state index in [2.05, 4.69) is 26.1 Å². The smallest absolute Gasteiger partial charge is 0.404 e. The molecule has 2 aliphatic rings. The summed E-state index contributed by atoms with van der Waals surface area (Å²) in [4.78, 5) is 10.6. The molecule has 0 bridgehead atoms. The van der Waals surface area contributed by atoms with E-state index in [1.165, 1.54) is 0 Å². The summed E-state index contributed by atoms with van der Waals surface area (Å²) < 4.78 is 5.89. The molecule has 2 unspecified atom stereocenters. The van der Waals surface area contributed by atoms with Crippen LogP contribution >= 0.6 is 0 Å². The number of carbonyl (C=O) groups is 1. The molecule has 1 amide bonds. The van der Waals surface area contributed by atoms with Gasteiger partial charge in [0.15, 0.2) is 0 Å². The molecular formula is C12H21NO3. The molecule has 1 aliphatic carbocycles. The number of amides is 1. The van der Waals surface area contributed by atoms with Gasteiger partial charge in [-0.15, -0.1) is 0 Å². The number of nitrogens with one attached hydrogen (secondary N) is 1. The minimum Gasteiger partial charge on any atom is -0.465 e. The summed E-state index contributed by atoms with van der Waals surface area (Å²) in [6, 6.07) is 0.0681. The van der Waals surface area contributed by atoms with Crippen molar-refractivity contribution in [1.29, 1.82) is 0 Å². The van der Waals surface area contributed by atoms with Crippen LogP contribution in [0.4, 0.5) is 4.79 Å². The van der Waals surface area contributed by atoms with Crippen molar-refractivity contribution in [2.24, 2.45) is 5.41 Å². The second-order valence-corrected chi connectivity index (χ2v) is 6.17. The minimum absolute atomic E-state index is 0.0381. The highest BCUT2D eigenvalue weighted by Crippen LogP contribution is 2.54. The van der Waals surface area contributed by atoms with E-state index in [1.54, 1.807) is 0 Å². The minimum atomic E-state index is -0.921. The number of rotatable bonds is 1. The quantitative estimate of drug-likeness (QED) is 0.676. The van der Waals surface area contributed by atoms with E-state index < -0.39 is 6.09 Å². The van der Waals surface area contributed by atoms with Gasteiger partial charge in [-0.25, -0.2) is 4.79 Å². The lowest BCUT2D eigenvalue weighted by atomic mass is 9.76. The van der Waals surface area contributed by atoms with Gasteiger partial charge in [0.25, 0.3) is 0 Å². The summed E-state index contributed by atoms with van der Waals surface area (Å²) in [5.41, 5.74) is 0.120. The van der Waals surface area contributed by atoms with E-state index in [0.29, 0.717) is 6.10 Å². The molecule has 1 spiro atoms. The monoisotopic (exact) mass is 227 g/mol. The fraction of sp³-hybridized carbons (Fsp3) is 0.917. The Hall–Kier alpha value is -0.770. The predicted molar refractivity (Wildman–Crippen MR) is 60.5 cm³/mol. The largest absolute Gasteiger partial charge is 0.465 e. The molecule has 0 aromatic carbocycles. The Balaban J connectivity index is 1.96. The van der Waals surface area contributed by atoms with Crippen LogP contribution in [-0.2, 0) is 4.74 Å². The first-order valence-electron chi connectivity index (χ1n) is 6.01. The molecule has 0 aromatic heterocycles. The maximum Gasteiger partial charge on any atom is 0.404 e. The summed E-state index contributed by atoms with van der Waals surface area (Å²) in [5.74, 6) is 0. The van der Waals surface area contributed by atoms with Gasteiger partial charge in [0, 0.05) is 6.04 Å². The zero-order valence-electron chi connectivity index (χ0n) is 10.2. The summed E-state index contributed by atoms with van der Waals surface area (Å²) >= 11 is 0. The average molecular weight is 227 g/mol. The molecule has 1 aliphatic heterocycles. The molecule has 4 nitrogen and oxygen atoms in total. The lowest BCUT2D eigenvalue weighted by Gasteiger charge is -2.29. The number of hydrogen-bond donors (Lipinski definition) is 2. The van der Waals surface area contributed by atoms with Gasteiger partial charge in [-0.05, 0) is 31.1 Å². The maximum absolute atomic E-state index is 10.6. The third-order valence-electron chi connectivity index (χ3n) is 3.63. The standard InChI is InChI=1S/C12H21NO3/c1-11(2,3)9-12(16-9)6-4-5-8(7-12)13-10(14)15/h8-9,13H,4-7H2,1-3H3,(H,14,15)/t8-,9?,12?/m1/s1. The van der Waals surface area contributed by atoms with Crippen molar-refractivity contribution in [2.45, 2.75) is 64.2 Å². The van der Waals surface area contributed by atoms with E-state index in [4.69, 9.17) is 9.84 Å². The van der Waals surface area contributed by atoms with E-state index in [1.807, 2.05) is 0 Å². The Bertz CT molecular complexity index is 297. The number of carboxylic acid groups (broad SMARTS) is 1. The second kappa shape index (κ2) is 3.62. The van der Waals surface area contributed by atoms with Gasteiger partial charge in [-0.3, -0.25) is 0 Å². The Kier molecular flexibility index (Phi) is 2.65. The molecule has 2 rings (SSSR count). The van der Waals surface area contributed by atoms with E-state index in [0.717, 1.165) is 25.7 Å². The van der Waals surface area contributed by atoms with Crippen molar-refractivity contribution < 1.29 is 14.6 Å². The zero-order chi connectivity index (χ0) is 12.0. The van der Waals surface area contributed by atoms with Crippen LogP contribution in [0.15, 0.2) is 0 Å². The van der Waals surface area contributed by atoms with Gasteiger partial charge in [0.1, 0.15) is 0 Å². The molecule has 3 atom stereocenters. The predicted octanol–water partition coefficient (Wildman–Crippen LogP) is 2.38. The molecule has 2 N–H and O–H groups in total. The molecule has 0 aromatic rings. The second-order valence-electron chi connectivity index (χ2n) is 6.17. The first-order valence-corrected chi connectivity index (χ1v) is 6.01. The molecule has 1 saturated carbocycles. The van der Waals surface area contributed by atoms with Crippen LogP contribution < -0.4 is 5.32 Å². The van der Waals surface area contributed by atoms with E-state index >= 15 is 0 Å². The zero-order valence-corrected chi connectivity index (χ0v) is 10.2. The van der Waals surface area contributed by atoms with Crippen molar-refractivity contribution >= 4 is 6.09 Å². The lowest BCUT2D eigenvalue weighted by Crippen LogP contribution is -2.42. The van der Waals surface area contributed by atoms with Gasteiger partial charge in [-0.1, -0.05) is 20.8 Å². The topological polar surface area (TPSA) is 61.9 Å². The molecule has 92 valence electrons. The fourth-order valence-electron chi connectivity index (χ4n) is 3.08. The van der Waals surface area contributed by atoms with Gasteiger partial charge in [0.05, 0.1) is 11.7 Å². The van der Waals surface area contributed by atoms with Gasteiger partial charge >= 0.3 is 6.09 Å². The summed E-state index contributed by atoms with van der Waals surface area (Å²) in [7, 11) is 0. The normalized spacial score (nSPS) is 38.4. The van der Waals surface area contributed by atoms with Crippen LogP contribution in [0.3, 0.4) is 0 Å². The molecule has 1 saturated heterocycles. The van der Waals surface area contributed by atoms with Crippen LogP contribution in [0.1, 0.15) is 46.5 Å². The first-order chi connectivity index (χ1) is 7.33. The Morgan fingerprint density at radius 2 is 2.19 bits per heavy atom. The molecular weight excluding hydrogens is 206 g/mol. The fourth-order valence-corrected chi connectivity index (χ4v) is 3.08. The first kappa shape index (κ1) is 11.7. The average Bonchev–Trinajstić information content (AvgIpc) is 2.77. The van der Waals surface area contributed by atoms with Gasteiger partial charge in [0.2, 0.25) is 0 Å². The van der Waals surface area contributed by atoms with Gasteiger partial charge in [-0.2, -0.15) is 0 Å². The summed E-state index contributed by atoms with van der Waals surface area (Å²) in [5, 5.41) is 11.3. The van der Waals surface area contributed by atoms with E-state index in [9.17, 15) is 4.79 Å². The highest BCUT2D eigenvalue weighted by Gasteiger charge is 2.62. The summed E-state index contributed by atoms with van der Waals surface area (Å²) in [6.45, 7) is 6.54. The van der Waals surface area contributed by atoms with Gasteiger partial charge < -0.3 is 15.2 Å². The Morgan fingerprint density at radius 1 is 1.50 bits per heavy atom. The maximum atomic E-state index is 10.6. The molecule has 0 radical (unpaired) electrons. The van der Waals surface area contributed by atoms with Crippen molar-refractivity contribution in [1.82, 2.24) is 5.32 Å². The highest BCUT2D eigenvalue weighted by atomic mass is 16.6. The summed E-state index contributed by atoms with van der Waals surface area (Å²) in [6.07, 6.45) is 3.27. The molecule has 2 fully saturated rings. The Labute approximate surface area is 96.4 Å². The van der Waals surface area contributed by atoms with Crippen molar-refractivity contribution in [2.75, 3.05) is 0 Å². The third-order valence-corrected chi connectivity index (χ3v) is 3.63. The van der Waals surface area contributed by atoms with Crippen LogP contribution in [-0.4, -0.2) is 28.9 Å². The molecule has 4 heteroatoms. The van der Waals surface area contributed by atoms with E-state index in [-0.39, 0.29) is 17.1 Å². The number of hydrogen-bond acceptors (Lipinski definition) is 2. The van der Waals surface area contributed by atoms with Crippen molar-refractivity contribution in [3.8, 4) is 0 Å². The lowest BCUT2D eigenvalue weighted by molar-refractivity contribution is 0.169. The van der Waals surface area contributed by atoms with Crippen LogP contribution in [0.5, 0.6) is 0 Å². The van der Waals surface area contributed by atoms with Crippen LogP contribution in [0.2, 0.25) is 0 Å².